The minimum atomic E-state index is 0.126. The molecule has 2 aromatic carbocycles. The maximum atomic E-state index is 13.3. The second-order valence-electron chi connectivity index (χ2n) is 8.10. The number of hydrogen-bond acceptors (Lipinski definition) is 2. The van der Waals surface area contributed by atoms with Crippen molar-refractivity contribution in [2.45, 2.75) is 44.7 Å². The van der Waals surface area contributed by atoms with Crippen molar-refractivity contribution in [2.75, 3.05) is 18.5 Å². The molecule has 0 spiro atoms. The van der Waals surface area contributed by atoms with E-state index in [1.165, 1.54) is 12.0 Å². The van der Waals surface area contributed by atoms with E-state index in [2.05, 4.69) is 43.6 Å². The summed E-state index contributed by atoms with van der Waals surface area (Å²) in [6.45, 7) is 7.29. The van der Waals surface area contributed by atoms with Gasteiger partial charge in [-0.15, -0.1) is 0 Å². The Morgan fingerprint density at radius 3 is 2.64 bits per heavy atom. The second kappa shape index (κ2) is 7.73. The molecular formula is C24H27ClN2O. The number of benzene rings is 2. The summed E-state index contributed by atoms with van der Waals surface area (Å²) in [6.07, 6.45) is 3.67. The van der Waals surface area contributed by atoms with Crippen LogP contribution in [0.3, 0.4) is 0 Å². The molecule has 0 aliphatic carbocycles. The number of fused-ring (bicyclic) bond motifs is 3. The third kappa shape index (κ3) is 3.61. The van der Waals surface area contributed by atoms with Crippen molar-refractivity contribution < 1.29 is 4.79 Å². The molecule has 0 saturated carbocycles. The quantitative estimate of drug-likeness (QED) is 0.707. The summed E-state index contributed by atoms with van der Waals surface area (Å²) >= 11 is 5.99. The average molecular weight is 395 g/mol. The number of anilines is 1. The molecule has 4 heteroatoms. The molecule has 0 radical (unpaired) electrons. The van der Waals surface area contributed by atoms with Crippen molar-refractivity contribution in [3.05, 3.63) is 70.8 Å². The highest BCUT2D eigenvalue weighted by Gasteiger charge is 2.36. The van der Waals surface area contributed by atoms with Crippen LogP contribution in [0.2, 0.25) is 5.02 Å². The number of hydrogen-bond donors (Lipinski definition) is 0. The molecule has 2 atom stereocenters. The van der Waals surface area contributed by atoms with Crippen molar-refractivity contribution in [2.24, 2.45) is 0 Å². The SMILES string of the molecule is C=C1c2cc(C)ccc2N(C(=O)Cc2ccc(Cl)cc2)CCC2CCC1N2C. The van der Waals surface area contributed by atoms with E-state index in [1.54, 1.807) is 0 Å². The predicted molar refractivity (Wildman–Crippen MR) is 117 cm³/mol. The summed E-state index contributed by atoms with van der Waals surface area (Å²) in [6, 6.07) is 14.8. The molecule has 3 nitrogen and oxygen atoms in total. The Balaban J connectivity index is 1.71. The van der Waals surface area contributed by atoms with Gasteiger partial charge in [-0.1, -0.05) is 41.9 Å². The number of likely N-dealkylation sites (N-methyl/N-ethyl adjacent to an activating group) is 1. The van der Waals surface area contributed by atoms with Gasteiger partial charge in [-0.2, -0.15) is 0 Å². The Hall–Kier alpha value is -2.10. The molecule has 4 rings (SSSR count). The van der Waals surface area contributed by atoms with E-state index < -0.39 is 0 Å². The fourth-order valence-corrected chi connectivity index (χ4v) is 4.76. The topological polar surface area (TPSA) is 23.6 Å². The van der Waals surface area contributed by atoms with Crippen LogP contribution >= 0.6 is 11.6 Å². The van der Waals surface area contributed by atoms with Gasteiger partial charge in [-0.3, -0.25) is 9.69 Å². The first kappa shape index (κ1) is 19.2. The van der Waals surface area contributed by atoms with Crippen LogP contribution in [-0.4, -0.2) is 36.5 Å². The van der Waals surface area contributed by atoms with Crippen molar-refractivity contribution in [1.82, 2.24) is 4.90 Å². The van der Waals surface area contributed by atoms with Crippen LogP contribution < -0.4 is 4.90 Å². The maximum Gasteiger partial charge on any atom is 0.231 e. The highest BCUT2D eigenvalue weighted by Crippen LogP contribution is 2.39. The third-order valence-electron chi connectivity index (χ3n) is 6.29. The number of carbonyl (C=O) groups excluding carboxylic acids is 1. The summed E-state index contributed by atoms with van der Waals surface area (Å²) < 4.78 is 0. The smallest absolute Gasteiger partial charge is 0.231 e. The largest absolute Gasteiger partial charge is 0.311 e. The lowest BCUT2D eigenvalue weighted by Crippen LogP contribution is -2.37. The van der Waals surface area contributed by atoms with Crippen LogP contribution in [0, 0.1) is 6.92 Å². The van der Waals surface area contributed by atoms with Crippen molar-refractivity contribution >= 4 is 28.8 Å². The molecular weight excluding hydrogens is 368 g/mol. The fraction of sp³-hybridized carbons (Fsp3) is 0.375. The lowest BCUT2D eigenvalue weighted by atomic mass is 9.94. The summed E-state index contributed by atoms with van der Waals surface area (Å²) in [5.41, 5.74) is 5.43. The van der Waals surface area contributed by atoms with Gasteiger partial charge in [0.1, 0.15) is 0 Å². The fourth-order valence-electron chi connectivity index (χ4n) is 4.63. The van der Waals surface area contributed by atoms with Crippen LogP contribution in [0.15, 0.2) is 49.0 Å². The van der Waals surface area contributed by atoms with E-state index in [0.717, 1.165) is 41.8 Å². The first-order valence-corrected chi connectivity index (χ1v) is 10.4. The molecule has 0 aromatic heterocycles. The van der Waals surface area contributed by atoms with Gasteiger partial charge < -0.3 is 4.90 Å². The molecule has 28 heavy (non-hydrogen) atoms. The highest BCUT2D eigenvalue weighted by molar-refractivity contribution is 6.30. The zero-order chi connectivity index (χ0) is 19.8. The molecule has 1 amide bonds. The molecule has 2 aromatic rings. The minimum Gasteiger partial charge on any atom is -0.311 e. The van der Waals surface area contributed by atoms with E-state index >= 15 is 0 Å². The molecule has 2 unspecified atom stereocenters. The minimum absolute atomic E-state index is 0.126. The zero-order valence-electron chi connectivity index (χ0n) is 16.6. The van der Waals surface area contributed by atoms with Gasteiger partial charge in [0, 0.05) is 29.2 Å². The van der Waals surface area contributed by atoms with Crippen LogP contribution in [0.1, 0.15) is 36.0 Å². The van der Waals surface area contributed by atoms with Gasteiger partial charge in [0.2, 0.25) is 5.91 Å². The van der Waals surface area contributed by atoms with Gasteiger partial charge in [-0.05, 0) is 68.6 Å². The number of halogens is 1. The van der Waals surface area contributed by atoms with Crippen LogP contribution in [0.25, 0.3) is 5.57 Å². The molecule has 2 heterocycles. The van der Waals surface area contributed by atoms with Gasteiger partial charge in [0.05, 0.1) is 12.1 Å². The number of nitrogens with zero attached hydrogens (tertiary/aromatic N) is 2. The zero-order valence-corrected chi connectivity index (χ0v) is 17.4. The van der Waals surface area contributed by atoms with E-state index in [-0.39, 0.29) is 5.91 Å². The molecule has 0 N–H and O–H groups in total. The Bertz CT molecular complexity index is 905. The van der Waals surface area contributed by atoms with Gasteiger partial charge in [0.15, 0.2) is 0 Å². The Labute approximate surface area is 172 Å². The van der Waals surface area contributed by atoms with Gasteiger partial charge in [0.25, 0.3) is 0 Å². The van der Waals surface area contributed by atoms with Crippen molar-refractivity contribution in [3.63, 3.8) is 0 Å². The van der Waals surface area contributed by atoms with Crippen molar-refractivity contribution in [3.8, 4) is 0 Å². The lowest BCUT2D eigenvalue weighted by Gasteiger charge is -2.27. The molecule has 1 fully saturated rings. The third-order valence-corrected chi connectivity index (χ3v) is 6.54. The molecule has 2 bridgehead atoms. The summed E-state index contributed by atoms with van der Waals surface area (Å²) in [7, 11) is 2.20. The first-order valence-electron chi connectivity index (χ1n) is 10.0. The van der Waals surface area contributed by atoms with Gasteiger partial charge in [-0.25, -0.2) is 0 Å². The highest BCUT2D eigenvalue weighted by atomic mass is 35.5. The Kier molecular flexibility index (Phi) is 5.31. The number of aryl methyl sites for hydroxylation is 1. The molecule has 1 saturated heterocycles. The molecule has 2 aliphatic rings. The number of amides is 1. The van der Waals surface area contributed by atoms with E-state index in [1.807, 2.05) is 29.2 Å². The maximum absolute atomic E-state index is 13.3. The van der Waals surface area contributed by atoms with Crippen molar-refractivity contribution in [1.29, 1.82) is 0 Å². The molecule has 2 aliphatic heterocycles. The standard InChI is InChI=1S/C24H27ClN2O/c1-16-4-10-23-21(14-16)17(2)22-11-9-20(26(22)3)12-13-27(23)24(28)15-18-5-7-19(25)8-6-18/h4-8,10,14,20,22H,2,9,11-13,15H2,1,3H3. The Morgan fingerprint density at radius 1 is 1.14 bits per heavy atom. The second-order valence-corrected chi connectivity index (χ2v) is 8.53. The summed E-state index contributed by atoms with van der Waals surface area (Å²) in [5, 5.41) is 0.690. The number of carbonyl (C=O) groups is 1. The van der Waals surface area contributed by atoms with E-state index in [4.69, 9.17) is 11.6 Å². The molecule has 146 valence electrons. The summed E-state index contributed by atoms with van der Waals surface area (Å²) in [5.74, 6) is 0.126. The van der Waals surface area contributed by atoms with Gasteiger partial charge >= 0.3 is 0 Å². The predicted octanol–water partition coefficient (Wildman–Crippen LogP) is 5.10. The Morgan fingerprint density at radius 2 is 1.89 bits per heavy atom. The number of rotatable bonds is 2. The lowest BCUT2D eigenvalue weighted by molar-refractivity contribution is -0.118. The summed E-state index contributed by atoms with van der Waals surface area (Å²) in [4.78, 5) is 17.8. The normalized spacial score (nSPS) is 22.4. The average Bonchev–Trinajstić information content (AvgIpc) is 3.05. The van der Waals surface area contributed by atoms with Crippen LogP contribution in [0.4, 0.5) is 5.69 Å². The van der Waals surface area contributed by atoms with Crippen LogP contribution in [0.5, 0.6) is 0 Å². The van der Waals surface area contributed by atoms with Crippen LogP contribution in [-0.2, 0) is 11.2 Å². The van der Waals surface area contributed by atoms with E-state index in [0.29, 0.717) is 23.5 Å². The first-order chi connectivity index (χ1) is 13.4. The van der Waals surface area contributed by atoms with E-state index in [9.17, 15) is 4.79 Å². The monoisotopic (exact) mass is 394 g/mol.